The Hall–Kier alpha value is -0.120. The Morgan fingerprint density at radius 1 is 1.18 bits per heavy atom. The Morgan fingerprint density at radius 3 is 2.35 bits per heavy atom. The minimum absolute atomic E-state index is 0.616. The van der Waals surface area contributed by atoms with Crippen molar-refractivity contribution in [3.63, 3.8) is 0 Å². The maximum atomic E-state index is 5.19. The third-order valence-corrected chi connectivity index (χ3v) is 2.89. The molecule has 0 bridgehead atoms. The van der Waals surface area contributed by atoms with E-state index in [0.717, 1.165) is 38.7 Å². The van der Waals surface area contributed by atoms with Gasteiger partial charge in [-0.2, -0.15) is 0 Å². The van der Waals surface area contributed by atoms with E-state index in [1.165, 1.54) is 12.8 Å². The first kappa shape index (κ1) is 16.9. The minimum atomic E-state index is 0.616. The summed E-state index contributed by atoms with van der Waals surface area (Å²) in [4.78, 5) is 2.52. The van der Waals surface area contributed by atoms with Gasteiger partial charge in [-0.05, 0) is 25.3 Å². The van der Waals surface area contributed by atoms with Gasteiger partial charge in [0, 0.05) is 32.8 Å². The van der Waals surface area contributed by atoms with Crippen LogP contribution >= 0.6 is 0 Å². The number of hydrogen-bond donors (Lipinski definition) is 1. The predicted molar refractivity (Wildman–Crippen MR) is 75.5 cm³/mol. The van der Waals surface area contributed by atoms with Crippen molar-refractivity contribution >= 4 is 0 Å². The molecule has 0 aromatic carbocycles. The Bertz CT molecular complexity index is 162. The Balaban J connectivity index is 4.06. The molecule has 0 spiro atoms. The SMILES string of the molecule is CCCNC(CC)CN(CCOC)CC(C)C. The fourth-order valence-corrected chi connectivity index (χ4v) is 1.99. The van der Waals surface area contributed by atoms with Crippen LogP contribution in [-0.4, -0.2) is 50.8 Å². The van der Waals surface area contributed by atoms with Gasteiger partial charge in [-0.1, -0.05) is 27.7 Å². The second-order valence-corrected chi connectivity index (χ2v) is 5.21. The van der Waals surface area contributed by atoms with Crippen LogP contribution in [0.3, 0.4) is 0 Å². The number of ether oxygens (including phenoxy) is 1. The molecule has 0 aromatic heterocycles. The van der Waals surface area contributed by atoms with E-state index >= 15 is 0 Å². The molecule has 0 radical (unpaired) electrons. The second kappa shape index (κ2) is 11.0. The van der Waals surface area contributed by atoms with Crippen LogP contribution in [0.4, 0.5) is 0 Å². The average Bonchev–Trinajstić information content (AvgIpc) is 2.30. The summed E-state index contributed by atoms with van der Waals surface area (Å²) in [6, 6.07) is 0.616. The molecular formula is C14H32N2O. The summed E-state index contributed by atoms with van der Waals surface area (Å²) < 4.78 is 5.19. The van der Waals surface area contributed by atoms with Crippen molar-refractivity contribution in [1.29, 1.82) is 0 Å². The highest BCUT2D eigenvalue weighted by Gasteiger charge is 2.13. The first-order chi connectivity index (χ1) is 8.13. The van der Waals surface area contributed by atoms with Gasteiger partial charge in [0.2, 0.25) is 0 Å². The molecule has 0 saturated carbocycles. The molecule has 0 heterocycles. The lowest BCUT2D eigenvalue weighted by Gasteiger charge is -2.28. The van der Waals surface area contributed by atoms with Crippen LogP contribution in [0.25, 0.3) is 0 Å². The Kier molecular flexibility index (Phi) is 10.9. The molecule has 1 unspecified atom stereocenters. The predicted octanol–water partition coefficient (Wildman–Crippen LogP) is 2.37. The van der Waals surface area contributed by atoms with Crippen molar-refractivity contribution in [1.82, 2.24) is 10.2 Å². The average molecular weight is 244 g/mol. The van der Waals surface area contributed by atoms with Crippen molar-refractivity contribution in [2.24, 2.45) is 5.92 Å². The van der Waals surface area contributed by atoms with Gasteiger partial charge < -0.3 is 10.1 Å². The van der Waals surface area contributed by atoms with E-state index in [0.29, 0.717) is 6.04 Å². The highest BCUT2D eigenvalue weighted by atomic mass is 16.5. The summed E-state index contributed by atoms with van der Waals surface area (Å²) in [5, 5.41) is 3.62. The summed E-state index contributed by atoms with van der Waals surface area (Å²) in [6.45, 7) is 14.3. The second-order valence-electron chi connectivity index (χ2n) is 5.21. The minimum Gasteiger partial charge on any atom is -0.383 e. The molecule has 3 heteroatoms. The summed E-state index contributed by atoms with van der Waals surface area (Å²) in [5.74, 6) is 0.718. The van der Waals surface area contributed by atoms with Crippen LogP contribution in [0.2, 0.25) is 0 Å². The van der Waals surface area contributed by atoms with Gasteiger partial charge in [-0.15, -0.1) is 0 Å². The number of nitrogens with zero attached hydrogens (tertiary/aromatic N) is 1. The fourth-order valence-electron chi connectivity index (χ4n) is 1.99. The van der Waals surface area contributed by atoms with Crippen molar-refractivity contribution in [2.45, 2.75) is 46.6 Å². The van der Waals surface area contributed by atoms with E-state index in [1.807, 2.05) is 0 Å². The van der Waals surface area contributed by atoms with Crippen LogP contribution in [0.5, 0.6) is 0 Å². The van der Waals surface area contributed by atoms with Gasteiger partial charge in [-0.3, -0.25) is 4.90 Å². The quantitative estimate of drug-likeness (QED) is 0.604. The normalized spacial score (nSPS) is 13.6. The van der Waals surface area contributed by atoms with Gasteiger partial charge in [0.15, 0.2) is 0 Å². The first-order valence-corrected chi connectivity index (χ1v) is 7.08. The zero-order valence-corrected chi connectivity index (χ0v) is 12.5. The molecule has 0 rings (SSSR count). The van der Waals surface area contributed by atoms with E-state index in [-0.39, 0.29) is 0 Å². The Morgan fingerprint density at radius 2 is 1.88 bits per heavy atom. The summed E-state index contributed by atoms with van der Waals surface area (Å²) in [5.41, 5.74) is 0. The zero-order chi connectivity index (χ0) is 13.1. The lowest BCUT2D eigenvalue weighted by atomic mass is 10.1. The van der Waals surface area contributed by atoms with Crippen molar-refractivity contribution in [2.75, 3.05) is 39.9 Å². The molecule has 17 heavy (non-hydrogen) atoms. The third-order valence-electron chi connectivity index (χ3n) is 2.89. The molecule has 0 aliphatic rings. The van der Waals surface area contributed by atoms with Gasteiger partial charge in [0.25, 0.3) is 0 Å². The lowest BCUT2D eigenvalue weighted by Crippen LogP contribution is -2.43. The van der Waals surface area contributed by atoms with Crippen molar-refractivity contribution in [3.05, 3.63) is 0 Å². The lowest BCUT2D eigenvalue weighted by molar-refractivity contribution is 0.132. The monoisotopic (exact) mass is 244 g/mol. The number of rotatable bonds is 11. The molecule has 0 aromatic rings. The molecular weight excluding hydrogens is 212 g/mol. The van der Waals surface area contributed by atoms with E-state index in [4.69, 9.17) is 4.74 Å². The van der Waals surface area contributed by atoms with Gasteiger partial charge >= 0.3 is 0 Å². The number of nitrogens with one attached hydrogen (secondary N) is 1. The van der Waals surface area contributed by atoms with E-state index < -0.39 is 0 Å². The van der Waals surface area contributed by atoms with E-state index in [2.05, 4.69) is 37.9 Å². The van der Waals surface area contributed by atoms with Crippen molar-refractivity contribution in [3.8, 4) is 0 Å². The largest absolute Gasteiger partial charge is 0.383 e. The van der Waals surface area contributed by atoms with Gasteiger partial charge in [0.05, 0.1) is 6.61 Å². The molecule has 0 fully saturated rings. The zero-order valence-electron chi connectivity index (χ0n) is 12.5. The fraction of sp³-hybridized carbons (Fsp3) is 1.00. The van der Waals surface area contributed by atoms with Crippen molar-refractivity contribution < 1.29 is 4.74 Å². The molecule has 0 amide bonds. The van der Waals surface area contributed by atoms with Gasteiger partial charge in [-0.25, -0.2) is 0 Å². The molecule has 3 nitrogen and oxygen atoms in total. The number of methoxy groups -OCH3 is 1. The van der Waals surface area contributed by atoms with E-state index in [1.54, 1.807) is 7.11 Å². The molecule has 0 aliphatic heterocycles. The van der Waals surface area contributed by atoms with E-state index in [9.17, 15) is 0 Å². The smallest absolute Gasteiger partial charge is 0.0589 e. The van der Waals surface area contributed by atoms with Crippen LogP contribution in [-0.2, 0) is 4.74 Å². The molecule has 1 N–H and O–H groups in total. The van der Waals surface area contributed by atoms with Crippen LogP contribution < -0.4 is 5.32 Å². The van der Waals surface area contributed by atoms with Crippen LogP contribution in [0.1, 0.15) is 40.5 Å². The van der Waals surface area contributed by atoms with Gasteiger partial charge in [0.1, 0.15) is 0 Å². The Labute approximate surface area is 108 Å². The van der Waals surface area contributed by atoms with Crippen LogP contribution in [0.15, 0.2) is 0 Å². The third kappa shape index (κ3) is 9.57. The highest BCUT2D eigenvalue weighted by Crippen LogP contribution is 2.02. The summed E-state index contributed by atoms with van der Waals surface area (Å²) in [6.07, 6.45) is 2.40. The standard InChI is InChI=1S/C14H32N2O/c1-6-8-15-14(7-2)12-16(9-10-17-5)11-13(3)4/h13-15H,6-12H2,1-5H3. The molecule has 0 saturated heterocycles. The topological polar surface area (TPSA) is 24.5 Å². The molecule has 0 aliphatic carbocycles. The maximum Gasteiger partial charge on any atom is 0.0589 e. The van der Waals surface area contributed by atoms with Crippen LogP contribution in [0, 0.1) is 5.92 Å². The molecule has 104 valence electrons. The highest BCUT2D eigenvalue weighted by molar-refractivity contribution is 4.71. The molecule has 1 atom stereocenters. The summed E-state index contributed by atoms with van der Waals surface area (Å²) in [7, 11) is 1.78. The maximum absolute atomic E-state index is 5.19. The number of hydrogen-bond acceptors (Lipinski definition) is 3. The first-order valence-electron chi connectivity index (χ1n) is 7.08. The summed E-state index contributed by atoms with van der Waals surface area (Å²) >= 11 is 0.